The maximum atomic E-state index is 4.39. The predicted molar refractivity (Wildman–Crippen MR) is 71.4 cm³/mol. The first-order valence-electron chi connectivity index (χ1n) is 6.58. The third-order valence-electron chi connectivity index (χ3n) is 3.28. The van der Waals surface area contributed by atoms with Crippen molar-refractivity contribution in [1.82, 2.24) is 14.9 Å². The third-order valence-corrected chi connectivity index (χ3v) is 3.28. The van der Waals surface area contributed by atoms with Crippen molar-refractivity contribution in [3.8, 4) is 0 Å². The quantitative estimate of drug-likeness (QED) is 0.845. The van der Waals surface area contributed by atoms with E-state index < -0.39 is 0 Å². The highest BCUT2D eigenvalue weighted by Crippen LogP contribution is 2.19. The molecule has 0 amide bonds. The van der Waals surface area contributed by atoms with E-state index in [9.17, 15) is 0 Å². The van der Waals surface area contributed by atoms with E-state index in [-0.39, 0.29) is 5.54 Å². The maximum absolute atomic E-state index is 4.39. The van der Waals surface area contributed by atoms with E-state index in [4.69, 9.17) is 0 Å². The summed E-state index contributed by atoms with van der Waals surface area (Å²) in [6.07, 6.45) is 7.82. The molecular weight excluding hydrogens is 212 g/mol. The molecule has 2 N–H and O–H groups in total. The molecule has 0 aliphatic carbocycles. The highest BCUT2D eigenvalue weighted by Gasteiger charge is 2.18. The Morgan fingerprint density at radius 2 is 2.29 bits per heavy atom. The van der Waals surface area contributed by atoms with Crippen LogP contribution in [0.25, 0.3) is 0 Å². The molecule has 96 valence electrons. The fourth-order valence-electron chi connectivity index (χ4n) is 2.29. The first-order chi connectivity index (χ1) is 8.07. The molecule has 4 heteroatoms. The monoisotopic (exact) mass is 236 g/mol. The van der Waals surface area contributed by atoms with Crippen molar-refractivity contribution in [3.05, 3.63) is 12.4 Å². The lowest BCUT2D eigenvalue weighted by Crippen LogP contribution is -2.39. The van der Waals surface area contributed by atoms with E-state index in [1.165, 1.54) is 19.3 Å². The molecule has 1 aromatic rings. The van der Waals surface area contributed by atoms with Gasteiger partial charge in [0.1, 0.15) is 0 Å². The van der Waals surface area contributed by atoms with Gasteiger partial charge in [-0.25, -0.2) is 4.98 Å². The lowest BCUT2D eigenvalue weighted by Gasteiger charge is -2.26. The number of hydrogen-bond donors (Lipinski definition) is 2. The molecule has 1 unspecified atom stereocenters. The molecule has 1 saturated heterocycles. The molecule has 0 saturated carbocycles. The van der Waals surface area contributed by atoms with Crippen molar-refractivity contribution in [2.24, 2.45) is 0 Å². The van der Waals surface area contributed by atoms with Crippen molar-refractivity contribution < 1.29 is 0 Å². The molecule has 1 atom stereocenters. The van der Waals surface area contributed by atoms with Gasteiger partial charge in [-0.3, -0.25) is 0 Å². The fourth-order valence-corrected chi connectivity index (χ4v) is 2.29. The van der Waals surface area contributed by atoms with Gasteiger partial charge in [0.25, 0.3) is 0 Å². The minimum absolute atomic E-state index is 0.0822. The first kappa shape index (κ1) is 12.4. The Bertz CT molecular complexity index is 345. The summed E-state index contributed by atoms with van der Waals surface area (Å²) >= 11 is 0. The fraction of sp³-hybridized carbons (Fsp3) is 0.769. The highest BCUT2D eigenvalue weighted by molar-refractivity contribution is 5.27. The normalized spacial score (nSPS) is 21.5. The summed E-state index contributed by atoms with van der Waals surface area (Å²) in [5.74, 6) is 0.977. The van der Waals surface area contributed by atoms with Gasteiger partial charge in [0, 0.05) is 30.5 Å². The molecule has 1 fully saturated rings. The Morgan fingerprint density at radius 3 is 2.94 bits per heavy atom. The molecule has 0 bridgehead atoms. The molecule has 0 spiro atoms. The molecule has 0 radical (unpaired) electrons. The van der Waals surface area contributed by atoms with Crippen molar-refractivity contribution in [2.75, 3.05) is 18.4 Å². The summed E-state index contributed by atoms with van der Waals surface area (Å²) < 4.78 is 2.19. The smallest absolute Gasteiger partial charge is 0.203 e. The Labute approximate surface area is 104 Å². The average molecular weight is 236 g/mol. The van der Waals surface area contributed by atoms with Crippen LogP contribution in [0.5, 0.6) is 0 Å². The third kappa shape index (κ3) is 3.22. The zero-order valence-electron chi connectivity index (χ0n) is 11.2. The SMILES string of the molecule is CC(C)(C)n1ccnc1NCC1CCCCN1. The van der Waals surface area contributed by atoms with Crippen molar-refractivity contribution in [3.63, 3.8) is 0 Å². The number of hydrogen-bond acceptors (Lipinski definition) is 3. The summed E-state index contributed by atoms with van der Waals surface area (Å²) in [7, 11) is 0. The number of rotatable bonds is 3. The molecule has 2 heterocycles. The summed E-state index contributed by atoms with van der Waals surface area (Å²) in [5.41, 5.74) is 0.0822. The molecule has 4 nitrogen and oxygen atoms in total. The van der Waals surface area contributed by atoms with E-state index in [2.05, 4.69) is 41.0 Å². The van der Waals surface area contributed by atoms with Gasteiger partial charge < -0.3 is 15.2 Å². The molecule has 1 aliphatic rings. The number of piperidine rings is 1. The standard InChI is InChI=1S/C13H24N4/c1-13(2,3)17-9-8-15-12(17)16-10-11-6-4-5-7-14-11/h8-9,11,14H,4-7,10H2,1-3H3,(H,15,16). The summed E-state index contributed by atoms with van der Waals surface area (Å²) in [4.78, 5) is 4.39. The summed E-state index contributed by atoms with van der Waals surface area (Å²) in [6, 6.07) is 0.592. The van der Waals surface area contributed by atoms with E-state index in [1.807, 2.05) is 12.4 Å². The molecular formula is C13H24N4. The zero-order chi connectivity index (χ0) is 12.3. The minimum Gasteiger partial charge on any atom is -0.354 e. The maximum Gasteiger partial charge on any atom is 0.203 e. The van der Waals surface area contributed by atoms with E-state index in [0.29, 0.717) is 6.04 Å². The van der Waals surface area contributed by atoms with Gasteiger partial charge >= 0.3 is 0 Å². The first-order valence-corrected chi connectivity index (χ1v) is 6.58. The van der Waals surface area contributed by atoms with Crippen LogP contribution in [0, 0.1) is 0 Å². The number of nitrogens with zero attached hydrogens (tertiary/aromatic N) is 2. The summed E-state index contributed by atoms with van der Waals surface area (Å²) in [6.45, 7) is 8.70. The second kappa shape index (κ2) is 5.08. The topological polar surface area (TPSA) is 41.9 Å². The van der Waals surface area contributed by atoms with Gasteiger partial charge in [-0.05, 0) is 40.2 Å². The van der Waals surface area contributed by atoms with E-state index in [0.717, 1.165) is 19.0 Å². The largest absolute Gasteiger partial charge is 0.354 e. The lowest BCUT2D eigenvalue weighted by molar-refractivity contribution is 0.393. The van der Waals surface area contributed by atoms with E-state index >= 15 is 0 Å². The van der Waals surface area contributed by atoms with Gasteiger partial charge in [-0.2, -0.15) is 0 Å². The molecule has 17 heavy (non-hydrogen) atoms. The number of anilines is 1. The number of imidazole rings is 1. The molecule has 1 aromatic heterocycles. The Morgan fingerprint density at radius 1 is 1.47 bits per heavy atom. The highest BCUT2D eigenvalue weighted by atomic mass is 15.2. The Hall–Kier alpha value is -1.03. The Kier molecular flexibility index (Phi) is 3.72. The zero-order valence-corrected chi connectivity index (χ0v) is 11.2. The van der Waals surface area contributed by atoms with Crippen LogP contribution >= 0.6 is 0 Å². The number of nitrogens with one attached hydrogen (secondary N) is 2. The van der Waals surface area contributed by atoms with Crippen molar-refractivity contribution >= 4 is 5.95 Å². The molecule has 2 rings (SSSR count). The second-order valence-corrected chi connectivity index (χ2v) is 5.82. The van der Waals surface area contributed by atoms with Gasteiger partial charge in [0.05, 0.1) is 0 Å². The minimum atomic E-state index is 0.0822. The van der Waals surface area contributed by atoms with Crippen molar-refractivity contribution in [2.45, 2.75) is 51.6 Å². The summed E-state index contributed by atoms with van der Waals surface area (Å²) in [5, 5.41) is 7.00. The van der Waals surface area contributed by atoms with Crippen LogP contribution in [0.15, 0.2) is 12.4 Å². The van der Waals surface area contributed by atoms with Gasteiger partial charge in [-0.15, -0.1) is 0 Å². The van der Waals surface area contributed by atoms with Crippen LogP contribution in [0.3, 0.4) is 0 Å². The van der Waals surface area contributed by atoms with Gasteiger partial charge in [-0.1, -0.05) is 6.42 Å². The van der Waals surface area contributed by atoms with E-state index in [1.54, 1.807) is 0 Å². The lowest BCUT2D eigenvalue weighted by atomic mass is 10.1. The Balaban J connectivity index is 1.92. The predicted octanol–water partition coefficient (Wildman–Crippen LogP) is 2.19. The average Bonchev–Trinajstić information content (AvgIpc) is 2.75. The van der Waals surface area contributed by atoms with Gasteiger partial charge in [0.2, 0.25) is 5.95 Å². The molecule has 1 aliphatic heterocycles. The second-order valence-electron chi connectivity index (χ2n) is 5.82. The van der Waals surface area contributed by atoms with Crippen LogP contribution in [0.1, 0.15) is 40.0 Å². The van der Waals surface area contributed by atoms with Crippen LogP contribution in [0.2, 0.25) is 0 Å². The van der Waals surface area contributed by atoms with Crippen molar-refractivity contribution in [1.29, 1.82) is 0 Å². The van der Waals surface area contributed by atoms with Gasteiger partial charge in [0.15, 0.2) is 0 Å². The van der Waals surface area contributed by atoms with Crippen LogP contribution in [-0.2, 0) is 5.54 Å². The molecule has 0 aromatic carbocycles. The number of aromatic nitrogens is 2. The van der Waals surface area contributed by atoms with Crippen LogP contribution in [-0.4, -0.2) is 28.7 Å². The van der Waals surface area contributed by atoms with Crippen LogP contribution in [0.4, 0.5) is 5.95 Å². The van der Waals surface area contributed by atoms with Crippen LogP contribution < -0.4 is 10.6 Å².